The van der Waals surface area contributed by atoms with E-state index in [-0.39, 0.29) is 11.3 Å². The van der Waals surface area contributed by atoms with E-state index in [4.69, 9.17) is 0 Å². The molecule has 0 atom stereocenters. The second kappa shape index (κ2) is 5.83. The van der Waals surface area contributed by atoms with Gasteiger partial charge >= 0.3 is 0 Å². The molecule has 0 aromatic heterocycles. The number of benzene rings is 1. The number of allylic oxidation sites excluding steroid dienone is 3. The van der Waals surface area contributed by atoms with E-state index >= 15 is 0 Å². The van der Waals surface area contributed by atoms with E-state index in [1.807, 2.05) is 0 Å². The van der Waals surface area contributed by atoms with Crippen molar-refractivity contribution in [3.05, 3.63) is 64.3 Å². The molecule has 0 bridgehead atoms. The van der Waals surface area contributed by atoms with Crippen LogP contribution in [0.3, 0.4) is 0 Å². The predicted molar refractivity (Wildman–Crippen MR) is 73.2 cm³/mol. The first-order valence-electron chi connectivity index (χ1n) is 5.68. The molecule has 0 aliphatic carbocycles. The molecular formula is C14H10BrF4N. The van der Waals surface area contributed by atoms with E-state index in [0.717, 1.165) is 6.07 Å². The molecule has 1 aromatic carbocycles. The van der Waals surface area contributed by atoms with Crippen LogP contribution < -0.4 is 0 Å². The Bertz CT molecular complexity index is 607. The van der Waals surface area contributed by atoms with Gasteiger partial charge in [0.1, 0.15) is 11.6 Å². The molecule has 1 nitrogen and oxygen atoms in total. The van der Waals surface area contributed by atoms with Crippen LogP contribution in [0.4, 0.5) is 17.6 Å². The van der Waals surface area contributed by atoms with Gasteiger partial charge in [0.15, 0.2) is 0 Å². The van der Waals surface area contributed by atoms with Gasteiger partial charge in [0.2, 0.25) is 0 Å². The van der Waals surface area contributed by atoms with Crippen LogP contribution in [-0.4, -0.2) is 17.9 Å². The van der Waals surface area contributed by atoms with E-state index in [1.54, 1.807) is 6.08 Å². The maximum Gasteiger partial charge on any atom is 0.256 e. The molecule has 0 saturated heterocycles. The fraction of sp³-hybridized carbons (Fsp3) is 0.143. The lowest BCUT2D eigenvalue weighted by Crippen LogP contribution is -2.28. The fourth-order valence-electron chi connectivity index (χ4n) is 1.89. The molecule has 106 valence electrons. The normalized spacial score (nSPS) is 15.5. The van der Waals surface area contributed by atoms with Gasteiger partial charge in [0.05, 0.1) is 12.2 Å². The van der Waals surface area contributed by atoms with Gasteiger partial charge in [-0.05, 0) is 40.2 Å². The van der Waals surface area contributed by atoms with Crippen LogP contribution in [0.25, 0.3) is 5.70 Å². The number of hydrogen-bond donors (Lipinski definition) is 0. The highest BCUT2D eigenvalue weighted by Gasteiger charge is 2.24. The Morgan fingerprint density at radius 1 is 1.20 bits per heavy atom. The van der Waals surface area contributed by atoms with Gasteiger partial charge < -0.3 is 4.90 Å². The van der Waals surface area contributed by atoms with Crippen molar-refractivity contribution >= 4 is 21.6 Å². The molecule has 0 fully saturated rings. The molecule has 0 saturated carbocycles. The summed E-state index contributed by atoms with van der Waals surface area (Å²) in [5.74, 6) is -1.53. The van der Waals surface area contributed by atoms with E-state index in [2.05, 4.69) is 22.5 Å². The third-order valence-electron chi connectivity index (χ3n) is 2.81. The molecule has 1 aliphatic rings. The van der Waals surface area contributed by atoms with Crippen LogP contribution in [0.15, 0.2) is 47.1 Å². The molecule has 20 heavy (non-hydrogen) atoms. The lowest BCUT2D eigenvalue weighted by molar-refractivity contribution is 0.123. The molecule has 0 unspecified atom stereocenters. The Hall–Kier alpha value is -1.56. The average Bonchev–Trinajstić information content (AvgIpc) is 2.36. The summed E-state index contributed by atoms with van der Waals surface area (Å²) in [6.07, 6.45) is 0.456. The van der Waals surface area contributed by atoms with E-state index < -0.39 is 24.6 Å². The summed E-state index contributed by atoms with van der Waals surface area (Å²) in [5.41, 5.74) is 0.562. The molecule has 6 heteroatoms. The summed E-state index contributed by atoms with van der Waals surface area (Å²) in [6.45, 7) is 3.07. The first-order valence-corrected chi connectivity index (χ1v) is 6.47. The van der Waals surface area contributed by atoms with Crippen molar-refractivity contribution in [1.29, 1.82) is 0 Å². The molecule has 1 heterocycles. The van der Waals surface area contributed by atoms with E-state index in [0.29, 0.717) is 16.2 Å². The highest BCUT2D eigenvalue weighted by molar-refractivity contribution is 9.12. The Labute approximate surface area is 122 Å². The van der Waals surface area contributed by atoms with Crippen LogP contribution in [0, 0.1) is 11.6 Å². The van der Waals surface area contributed by atoms with Gasteiger partial charge in [0, 0.05) is 21.8 Å². The summed E-state index contributed by atoms with van der Waals surface area (Å²) >= 11 is 3.19. The molecule has 2 rings (SSSR count). The van der Waals surface area contributed by atoms with Crippen molar-refractivity contribution in [3.63, 3.8) is 0 Å². The first-order chi connectivity index (χ1) is 9.40. The van der Waals surface area contributed by atoms with Crippen LogP contribution >= 0.6 is 15.9 Å². The van der Waals surface area contributed by atoms with E-state index in [1.165, 1.54) is 17.0 Å². The van der Waals surface area contributed by atoms with Crippen LogP contribution in [0.1, 0.15) is 5.56 Å². The zero-order valence-electron chi connectivity index (χ0n) is 10.2. The summed E-state index contributed by atoms with van der Waals surface area (Å²) in [6, 6.07) is 3.01. The number of halogens is 5. The number of alkyl halides is 2. The van der Waals surface area contributed by atoms with Crippen LogP contribution in [-0.2, 0) is 0 Å². The van der Waals surface area contributed by atoms with E-state index in [9.17, 15) is 17.6 Å². The maximum atomic E-state index is 13.8. The van der Waals surface area contributed by atoms with Crippen molar-refractivity contribution in [2.45, 2.75) is 6.43 Å². The van der Waals surface area contributed by atoms with Gasteiger partial charge in [-0.25, -0.2) is 17.6 Å². The smallest absolute Gasteiger partial charge is 0.256 e. The average molecular weight is 348 g/mol. The van der Waals surface area contributed by atoms with Crippen LogP contribution in [0.5, 0.6) is 0 Å². The summed E-state index contributed by atoms with van der Waals surface area (Å²) in [4.78, 5) is 1.20. The third-order valence-corrected chi connectivity index (χ3v) is 3.53. The second-order valence-electron chi connectivity index (χ2n) is 4.14. The van der Waals surface area contributed by atoms with Crippen molar-refractivity contribution in [1.82, 2.24) is 4.90 Å². The topological polar surface area (TPSA) is 3.24 Å². The Balaban J connectivity index is 2.48. The quantitative estimate of drug-likeness (QED) is 0.717. The largest absolute Gasteiger partial charge is 0.335 e. The maximum absolute atomic E-state index is 13.8. The number of nitrogens with zero attached hydrogens (tertiary/aromatic N) is 1. The minimum atomic E-state index is -2.61. The Morgan fingerprint density at radius 2 is 1.90 bits per heavy atom. The van der Waals surface area contributed by atoms with Gasteiger partial charge in [-0.1, -0.05) is 6.58 Å². The zero-order valence-corrected chi connectivity index (χ0v) is 11.8. The second-order valence-corrected chi connectivity index (χ2v) is 4.99. The SMILES string of the molecule is C=C1C(Br)=CC=C(c2ccc(F)cc2F)N1CC(F)F. The molecule has 1 aliphatic heterocycles. The minimum absolute atomic E-state index is 0.0458. The highest BCUT2D eigenvalue weighted by Crippen LogP contribution is 2.34. The molecule has 0 amide bonds. The minimum Gasteiger partial charge on any atom is -0.335 e. The lowest BCUT2D eigenvalue weighted by atomic mass is 10.1. The Kier molecular flexibility index (Phi) is 4.32. The van der Waals surface area contributed by atoms with Gasteiger partial charge in [0.25, 0.3) is 6.43 Å². The van der Waals surface area contributed by atoms with Crippen molar-refractivity contribution < 1.29 is 17.6 Å². The monoisotopic (exact) mass is 347 g/mol. The van der Waals surface area contributed by atoms with Crippen molar-refractivity contribution in [2.75, 3.05) is 6.54 Å². The van der Waals surface area contributed by atoms with Crippen molar-refractivity contribution in [2.24, 2.45) is 0 Å². The number of rotatable bonds is 3. The van der Waals surface area contributed by atoms with Crippen LogP contribution in [0.2, 0.25) is 0 Å². The molecular weight excluding hydrogens is 338 g/mol. The predicted octanol–water partition coefficient (Wildman–Crippen LogP) is 4.68. The van der Waals surface area contributed by atoms with Gasteiger partial charge in [-0.2, -0.15) is 0 Å². The zero-order chi connectivity index (χ0) is 14.9. The molecule has 0 spiro atoms. The summed E-state index contributed by atoms with van der Waals surface area (Å²) in [7, 11) is 0. The molecule has 0 radical (unpaired) electrons. The third kappa shape index (κ3) is 2.95. The lowest BCUT2D eigenvalue weighted by Gasteiger charge is -2.31. The molecule has 0 N–H and O–H groups in total. The Morgan fingerprint density at radius 3 is 2.50 bits per heavy atom. The summed E-state index contributed by atoms with van der Waals surface area (Å²) in [5, 5.41) is 0. The van der Waals surface area contributed by atoms with Gasteiger partial charge in [-0.15, -0.1) is 0 Å². The number of hydrogen-bond acceptors (Lipinski definition) is 1. The highest BCUT2D eigenvalue weighted by atomic mass is 79.9. The van der Waals surface area contributed by atoms with Crippen molar-refractivity contribution in [3.8, 4) is 0 Å². The first kappa shape index (κ1) is 14.8. The van der Waals surface area contributed by atoms with Gasteiger partial charge in [-0.3, -0.25) is 0 Å². The standard InChI is InChI=1S/C14H10BrF4N/c1-8-11(15)4-5-13(20(8)7-14(18)19)10-3-2-9(16)6-12(10)17/h2-6,14H,1,7H2. The fourth-order valence-corrected chi connectivity index (χ4v) is 2.24. The summed E-state index contributed by atoms with van der Waals surface area (Å²) < 4.78 is 52.6. The molecule has 1 aromatic rings.